The number of nitrogens with two attached hydrogens (primary N) is 4. The molecule has 386 valence electrons. The second-order valence-corrected chi connectivity index (χ2v) is 16.9. The Hall–Kier alpha value is -6.68. The quantitative estimate of drug-likeness (QED) is 0.0174. The Bertz CT molecular complexity index is 1810. The Morgan fingerprint density at radius 1 is 0.500 bits per heavy atom. The molecule has 0 aromatic rings. The Balaban J connectivity index is 6.09. The monoisotopic (exact) mass is 973 g/mol. The number of aliphatic imine (C=N–C) groups is 1. The minimum atomic E-state index is -1.81. The molecule has 0 fully saturated rings. The molecular formula is C40H72N14O14. The molecule has 68 heavy (non-hydrogen) atoms. The molecule has 0 aliphatic heterocycles. The Morgan fingerprint density at radius 3 is 1.37 bits per heavy atom. The molecule has 0 spiro atoms. The van der Waals surface area contributed by atoms with Crippen LogP contribution in [-0.4, -0.2) is 167 Å². The zero-order valence-corrected chi connectivity index (χ0v) is 39.7. The fourth-order valence-corrected chi connectivity index (χ4v) is 5.95. The number of guanidine groups is 1. The number of rotatable bonds is 31. The van der Waals surface area contributed by atoms with Gasteiger partial charge in [-0.2, -0.15) is 0 Å². The number of aliphatic hydroxyl groups is 2. The number of aliphatic hydroxyl groups excluding tert-OH is 2. The highest BCUT2D eigenvalue weighted by molar-refractivity contribution is 5.99. The predicted octanol–water partition coefficient (Wildman–Crippen LogP) is -7.30. The van der Waals surface area contributed by atoms with Gasteiger partial charge in [0.15, 0.2) is 5.96 Å². The van der Waals surface area contributed by atoms with Crippen molar-refractivity contribution < 1.29 is 68.1 Å². The van der Waals surface area contributed by atoms with Gasteiger partial charge in [0.2, 0.25) is 59.1 Å². The number of carbonyl (C=O) groups is 11. The van der Waals surface area contributed by atoms with Gasteiger partial charge in [0.05, 0.1) is 26.2 Å². The fraction of sp³-hybridized carbons (Fsp3) is 0.700. The highest BCUT2D eigenvalue weighted by Gasteiger charge is 2.35. The van der Waals surface area contributed by atoms with Crippen molar-refractivity contribution in [3.8, 4) is 0 Å². The van der Waals surface area contributed by atoms with Gasteiger partial charge in [0.1, 0.15) is 54.4 Å². The van der Waals surface area contributed by atoms with Gasteiger partial charge in [0, 0.05) is 6.54 Å². The lowest BCUT2D eigenvalue weighted by Gasteiger charge is -2.28. The van der Waals surface area contributed by atoms with Gasteiger partial charge in [-0.15, -0.1) is 0 Å². The van der Waals surface area contributed by atoms with Crippen molar-refractivity contribution in [2.45, 2.75) is 135 Å². The van der Waals surface area contributed by atoms with Crippen LogP contribution in [-0.2, 0) is 52.7 Å². The van der Waals surface area contributed by atoms with Gasteiger partial charge in [-0.05, 0) is 50.9 Å². The van der Waals surface area contributed by atoms with Crippen molar-refractivity contribution in [2.75, 3.05) is 26.3 Å². The summed E-state index contributed by atoms with van der Waals surface area (Å²) < 4.78 is 0. The standard InChI is InChI=1S/C40H72N14O14/c1-17(2)12-23(33(61)47-21(8)39(67)68)49-32(60)22(10-9-11-45-40(43)44)48-35(63)26(16-56)52-36(64)25(15-55)51-31(59)20(7)46-34(62)24(13-27(42)57)50-37(65)30(19(5)6)54-38(66)29(18(3)4)53-28(58)14-41/h17-26,29-30,55-56H,9-16,41H2,1-8H3,(H2,42,57)(H,46,62)(H,47,61)(H,48,63)(H,49,60)(H,50,65)(H,51,59)(H,52,64)(H,53,58)(H,54,66)(H,67,68)(H4,43,44,45)/t20-,21-,22-,23-,24-,25-,26-,29-,30-/m0/s1. The van der Waals surface area contributed by atoms with Crippen LogP contribution in [0.3, 0.4) is 0 Å². The van der Waals surface area contributed by atoms with Crippen molar-refractivity contribution >= 4 is 71.0 Å². The zero-order chi connectivity index (χ0) is 52.6. The van der Waals surface area contributed by atoms with E-state index in [9.17, 15) is 68.1 Å². The first-order chi connectivity index (χ1) is 31.6. The Labute approximate surface area is 393 Å². The maximum Gasteiger partial charge on any atom is 0.325 e. The van der Waals surface area contributed by atoms with Crippen LogP contribution in [0, 0.1) is 17.8 Å². The van der Waals surface area contributed by atoms with E-state index >= 15 is 0 Å². The second kappa shape index (κ2) is 30.6. The van der Waals surface area contributed by atoms with E-state index < -0.39 is 157 Å². The van der Waals surface area contributed by atoms with Gasteiger partial charge in [0.25, 0.3) is 0 Å². The number of carboxylic acid groups (broad SMARTS) is 1. The maximum absolute atomic E-state index is 13.6. The molecule has 0 saturated heterocycles. The topological polar surface area (TPSA) is 473 Å². The molecule has 0 saturated carbocycles. The van der Waals surface area contributed by atoms with Gasteiger partial charge < -0.3 is 86.1 Å². The molecule has 20 N–H and O–H groups in total. The number of carbonyl (C=O) groups excluding carboxylic acids is 10. The summed E-state index contributed by atoms with van der Waals surface area (Å²) in [6, 6.07) is -13.2. The van der Waals surface area contributed by atoms with Crippen LogP contribution in [0.25, 0.3) is 0 Å². The van der Waals surface area contributed by atoms with Gasteiger partial charge >= 0.3 is 5.97 Å². The molecule has 28 nitrogen and oxygen atoms in total. The molecule has 0 aliphatic rings. The smallest absolute Gasteiger partial charge is 0.325 e. The van der Waals surface area contributed by atoms with E-state index in [1.807, 2.05) is 0 Å². The third kappa shape index (κ3) is 22.7. The normalized spacial score (nSPS) is 15.0. The minimum absolute atomic E-state index is 0.00172. The third-order valence-electron chi connectivity index (χ3n) is 9.77. The SMILES string of the molecule is CC(C)C[C@H](NC(=O)[C@H](CCCN=C(N)N)NC(=O)[C@H](CO)NC(=O)[C@H](CO)NC(=O)[C@H](C)NC(=O)[C@H](CC(N)=O)NC(=O)[C@@H](NC(=O)[C@@H](NC(=O)CN)C(C)C)C(C)C)C(=O)N[C@@H](C)C(=O)O. The fourth-order valence-electron chi connectivity index (χ4n) is 5.95. The van der Waals surface area contributed by atoms with Gasteiger partial charge in [-0.3, -0.25) is 57.7 Å². The average molecular weight is 973 g/mol. The number of nitrogens with one attached hydrogen (secondary N) is 9. The Morgan fingerprint density at radius 2 is 0.912 bits per heavy atom. The molecule has 0 aromatic carbocycles. The summed E-state index contributed by atoms with van der Waals surface area (Å²) in [5.74, 6) is -12.4. The molecule has 0 aliphatic carbocycles. The number of hydrogen-bond donors (Lipinski definition) is 16. The first kappa shape index (κ1) is 61.3. The first-order valence-electron chi connectivity index (χ1n) is 21.8. The number of amides is 10. The molecule has 0 unspecified atom stereocenters. The molecule has 0 heterocycles. The summed E-state index contributed by atoms with van der Waals surface area (Å²) >= 11 is 0. The van der Waals surface area contributed by atoms with E-state index in [2.05, 4.69) is 52.8 Å². The van der Waals surface area contributed by atoms with Crippen LogP contribution in [0.15, 0.2) is 4.99 Å². The summed E-state index contributed by atoms with van der Waals surface area (Å²) in [4.78, 5) is 145. The lowest BCUT2D eigenvalue weighted by molar-refractivity contribution is -0.142. The van der Waals surface area contributed by atoms with E-state index in [0.717, 1.165) is 6.92 Å². The van der Waals surface area contributed by atoms with Crippen LogP contribution >= 0.6 is 0 Å². The van der Waals surface area contributed by atoms with Gasteiger partial charge in [-0.25, -0.2) is 0 Å². The summed E-state index contributed by atoms with van der Waals surface area (Å²) in [5.41, 5.74) is 21.4. The van der Waals surface area contributed by atoms with Gasteiger partial charge in [-0.1, -0.05) is 41.5 Å². The van der Waals surface area contributed by atoms with Crippen LogP contribution in [0.4, 0.5) is 0 Å². The molecule has 0 rings (SSSR count). The molecule has 10 amide bonds. The van der Waals surface area contributed by atoms with E-state index in [1.54, 1.807) is 41.5 Å². The summed E-state index contributed by atoms with van der Waals surface area (Å²) in [5, 5.41) is 50.4. The van der Waals surface area contributed by atoms with Crippen LogP contribution in [0.1, 0.15) is 81.1 Å². The van der Waals surface area contributed by atoms with Crippen molar-refractivity contribution in [3.05, 3.63) is 0 Å². The number of aliphatic carboxylic acids is 1. The van der Waals surface area contributed by atoms with Crippen molar-refractivity contribution in [3.63, 3.8) is 0 Å². The van der Waals surface area contributed by atoms with E-state index in [-0.39, 0.29) is 37.7 Å². The molecule has 9 atom stereocenters. The molecule has 0 aromatic heterocycles. The Kier molecular flexibility index (Phi) is 27.6. The zero-order valence-electron chi connectivity index (χ0n) is 39.7. The van der Waals surface area contributed by atoms with Crippen molar-refractivity contribution in [2.24, 2.45) is 45.7 Å². The lowest BCUT2D eigenvalue weighted by atomic mass is 9.99. The summed E-state index contributed by atoms with van der Waals surface area (Å²) in [6.07, 6.45) is -0.750. The van der Waals surface area contributed by atoms with E-state index in [1.165, 1.54) is 6.92 Å². The van der Waals surface area contributed by atoms with Crippen LogP contribution in [0.2, 0.25) is 0 Å². The predicted molar refractivity (Wildman–Crippen MR) is 242 cm³/mol. The van der Waals surface area contributed by atoms with Crippen LogP contribution < -0.4 is 70.8 Å². The lowest BCUT2D eigenvalue weighted by Crippen LogP contribution is -2.61. The highest BCUT2D eigenvalue weighted by Crippen LogP contribution is 2.10. The minimum Gasteiger partial charge on any atom is -0.480 e. The highest BCUT2D eigenvalue weighted by atomic mass is 16.4. The number of carboxylic acids is 1. The third-order valence-corrected chi connectivity index (χ3v) is 9.77. The average Bonchev–Trinajstić information content (AvgIpc) is 3.24. The van der Waals surface area contributed by atoms with E-state index in [0.29, 0.717) is 0 Å². The molecule has 28 heteroatoms. The summed E-state index contributed by atoms with van der Waals surface area (Å²) in [6.45, 7) is 9.73. The van der Waals surface area contributed by atoms with Crippen molar-refractivity contribution in [1.82, 2.24) is 47.9 Å². The molecular weight excluding hydrogens is 901 g/mol. The summed E-state index contributed by atoms with van der Waals surface area (Å²) in [7, 11) is 0. The van der Waals surface area contributed by atoms with Crippen molar-refractivity contribution in [1.29, 1.82) is 0 Å². The first-order valence-corrected chi connectivity index (χ1v) is 21.8. The largest absolute Gasteiger partial charge is 0.480 e. The van der Waals surface area contributed by atoms with E-state index in [4.69, 9.17) is 22.9 Å². The number of hydrogen-bond acceptors (Lipinski definition) is 15. The maximum atomic E-state index is 13.6. The molecule has 0 bridgehead atoms. The van der Waals surface area contributed by atoms with Crippen LogP contribution in [0.5, 0.6) is 0 Å². The molecule has 0 radical (unpaired) electrons. The number of primary amides is 1. The number of nitrogens with zero attached hydrogens (tertiary/aromatic N) is 1. The second-order valence-electron chi connectivity index (χ2n) is 16.9.